The maximum atomic E-state index is 13.3. The summed E-state index contributed by atoms with van der Waals surface area (Å²) in [6.45, 7) is 6.45. The monoisotopic (exact) mass is 367 g/mol. The lowest BCUT2D eigenvalue weighted by Crippen LogP contribution is -2.35. The van der Waals surface area contributed by atoms with E-state index in [0.29, 0.717) is 12.5 Å². The van der Waals surface area contributed by atoms with E-state index in [1.807, 2.05) is 47.9 Å². The highest BCUT2D eigenvalue weighted by atomic mass is 16.2. The van der Waals surface area contributed by atoms with Crippen molar-refractivity contribution in [2.75, 3.05) is 19.6 Å². The van der Waals surface area contributed by atoms with Crippen molar-refractivity contribution < 1.29 is 4.79 Å². The number of hydrogen-bond acceptors (Lipinski definition) is 4. The molecule has 0 bridgehead atoms. The van der Waals surface area contributed by atoms with E-state index in [1.165, 1.54) is 5.69 Å². The van der Waals surface area contributed by atoms with Gasteiger partial charge >= 0.3 is 0 Å². The molecule has 0 N–H and O–H groups in total. The number of hydrogen-bond donors (Lipinski definition) is 0. The van der Waals surface area contributed by atoms with Crippen molar-refractivity contribution in [3.8, 4) is 0 Å². The van der Waals surface area contributed by atoms with Crippen LogP contribution in [0.3, 0.4) is 0 Å². The van der Waals surface area contributed by atoms with Gasteiger partial charge in [0.15, 0.2) is 0 Å². The van der Waals surface area contributed by atoms with Crippen LogP contribution in [0.4, 0.5) is 0 Å². The van der Waals surface area contributed by atoms with Crippen molar-refractivity contribution in [1.82, 2.24) is 24.6 Å². The van der Waals surface area contributed by atoms with Gasteiger partial charge in [-0.15, -0.1) is 0 Å². The summed E-state index contributed by atoms with van der Waals surface area (Å²) in [5.41, 5.74) is 3.07. The van der Waals surface area contributed by atoms with E-state index >= 15 is 0 Å². The predicted molar refractivity (Wildman–Crippen MR) is 104 cm³/mol. The average molecular weight is 367 g/mol. The number of rotatable bonds is 4. The zero-order valence-electron chi connectivity index (χ0n) is 16.4. The van der Waals surface area contributed by atoms with Crippen molar-refractivity contribution in [2.24, 2.45) is 12.5 Å². The second kappa shape index (κ2) is 7.43. The summed E-state index contributed by atoms with van der Waals surface area (Å²) in [5.74, 6) is 0.341. The van der Waals surface area contributed by atoms with Crippen LogP contribution in [0, 0.1) is 12.3 Å². The molecule has 6 heteroatoms. The molecule has 1 atom stereocenters. The summed E-state index contributed by atoms with van der Waals surface area (Å²) in [4.78, 5) is 22.3. The highest BCUT2D eigenvalue weighted by molar-refractivity contribution is 5.84. The Balaban J connectivity index is 1.40. The number of carbonyl (C=O) groups is 1. The standard InChI is InChI=1S/C21H29N5O/c1-17-5-3-6-18(23-17)15-26-14-10-21(20(26)27)8-4-12-25(13-9-21)16-19-7-11-22-24(19)2/h3,5-7,11H,4,8-10,12-16H2,1-2H3/t21-/m0/s1. The van der Waals surface area contributed by atoms with Crippen molar-refractivity contribution in [3.63, 3.8) is 0 Å². The Morgan fingerprint density at radius 1 is 1.07 bits per heavy atom. The molecule has 6 nitrogen and oxygen atoms in total. The Bertz CT molecular complexity index is 816. The number of aromatic nitrogens is 3. The first-order valence-corrected chi connectivity index (χ1v) is 9.97. The van der Waals surface area contributed by atoms with Crippen LogP contribution >= 0.6 is 0 Å². The fourth-order valence-corrected chi connectivity index (χ4v) is 4.58. The molecule has 2 aromatic heterocycles. The molecule has 1 amide bonds. The van der Waals surface area contributed by atoms with E-state index < -0.39 is 0 Å². The maximum absolute atomic E-state index is 13.3. The van der Waals surface area contributed by atoms with Crippen LogP contribution in [-0.4, -0.2) is 50.1 Å². The van der Waals surface area contributed by atoms with Crippen LogP contribution in [0.15, 0.2) is 30.5 Å². The first-order chi connectivity index (χ1) is 13.1. The van der Waals surface area contributed by atoms with Gasteiger partial charge in [0.05, 0.1) is 23.3 Å². The number of nitrogens with zero attached hydrogens (tertiary/aromatic N) is 5. The SMILES string of the molecule is Cc1cccc(CN2CC[C@@]3(CCCN(Cc4ccnn4C)CC3)C2=O)n1. The fourth-order valence-electron chi connectivity index (χ4n) is 4.58. The van der Waals surface area contributed by atoms with Gasteiger partial charge in [-0.2, -0.15) is 5.10 Å². The summed E-state index contributed by atoms with van der Waals surface area (Å²) < 4.78 is 1.94. The van der Waals surface area contributed by atoms with Gasteiger partial charge in [-0.1, -0.05) is 6.07 Å². The zero-order valence-corrected chi connectivity index (χ0v) is 16.4. The second-order valence-corrected chi connectivity index (χ2v) is 8.10. The van der Waals surface area contributed by atoms with Crippen molar-refractivity contribution >= 4 is 5.91 Å². The Labute approximate surface area is 161 Å². The second-order valence-electron chi connectivity index (χ2n) is 8.10. The molecular weight excluding hydrogens is 338 g/mol. The highest BCUT2D eigenvalue weighted by Gasteiger charge is 2.46. The highest BCUT2D eigenvalue weighted by Crippen LogP contribution is 2.42. The Hall–Kier alpha value is -2.21. The molecular formula is C21H29N5O. The van der Waals surface area contributed by atoms with Crippen LogP contribution in [0.5, 0.6) is 0 Å². The fraction of sp³-hybridized carbons (Fsp3) is 0.571. The van der Waals surface area contributed by atoms with Gasteiger partial charge in [0.25, 0.3) is 0 Å². The number of carbonyl (C=O) groups excluding carboxylic acids is 1. The third kappa shape index (κ3) is 3.76. The van der Waals surface area contributed by atoms with E-state index in [4.69, 9.17) is 0 Å². The molecule has 0 aromatic carbocycles. The first kappa shape index (κ1) is 18.2. The van der Waals surface area contributed by atoms with Gasteiger partial charge in [0.1, 0.15) is 0 Å². The summed E-state index contributed by atoms with van der Waals surface area (Å²) >= 11 is 0. The van der Waals surface area contributed by atoms with Crippen LogP contribution in [0.1, 0.15) is 42.8 Å². The zero-order chi connectivity index (χ0) is 18.9. The minimum absolute atomic E-state index is 0.162. The quantitative estimate of drug-likeness (QED) is 0.833. The van der Waals surface area contributed by atoms with E-state index in [9.17, 15) is 4.79 Å². The lowest BCUT2D eigenvalue weighted by Gasteiger charge is -2.26. The molecule has 27 heavy (non-hydrogen) atoms. The average Bonchev–Trinajstić information content (AvgIpc) is 3.09. The third-order valence-corrected chi connectivity index (χ3v) is 6.24. The van der Waals surface area contributed by atoms with Gasteiger partial charge in [-0.25, -0.2) is 0 Å². The summed E-state index contributed by atoms with van der Waals surface area (Å²) in [6.07, 6.45) is 5.89. The van der Waals surface area contributed by atoms with E-state index in [1.54, 1.807) is 0 Å². The predicted octanol–water partition coefficient (Wildman–Crippen LogP) is 2.53. The molecule has 0 aliphatic carbocycles. The number of pyridine rings is 1. The van der Waals surface area contributed by atoms with E-state index in [2.05, 4.69) is 21.0 Å². The van der Waals surface area contributed by atoms with Gasteiger partial charge in [-0.3, -0.25) is 19.4 Å². The molecule has 144 valence electrons. The van der Waals surface area contributed by atoms with Crippen molar-refractivity contribution in [3.05, 3.63) is 47.5 Å². The van der Waals surface area contributed by atoms with Gasteiger partial charge in [0.2, 0.25) is 5.91 Å². The first-order valence-electron chi connectivity index (χ1n) is 9.97. The van der Waals surface area contributed by atoms with E-state index in [-0.39, 0.29) is 5.41 Å². The normalized spacial score (nSPS) is 23.9. The molecule has 0 unspecified atom stereocenters. The topological polar surface area (TPSA) is 54.3 Å². The molecule has 1 spiro atoms. The molecule has 4 rings (SSSR count). The molecule has 2 aromatic rings. The third-order valence-electron chi connectivity index (χ3n) is 6.24. The van der Waals surface area contributed by atoms with Crippen LogP contribution in [0.25, 0.3) is 0 Å². The minimum atomic E-state index is -0.162. The molecule has 4 heterocycles. The van der Waals surface area contributed by atoms with Gasteiger partial charge < -0.3 is 4.90 Å². The van der Waals surface area contributed by atoms with Crippen LogP contribution < -0.4 is 0 Å². The Morgan fingerprint density at radius 2 is 1.93 bits per heavy atom. The van der Waals surface area contributed by atoms with Crippen LogP contribution in [-0.2, 0) is 24.9 Å². The Morgan fingerprint density at radius 3 is 2.70 bits per heavy atom. The van der Waals surface area contributed by atoms with Crippen LogP contribution in [0.2, 0.25) is 0 Å². The van der Waals surface area contributed by atoms with Crippen molar-refractivity contribution in [2.45, 2.75) is 45.7 Å². The number of likely N-dealkylation sites (tertiary alicyclic amines) is 2. The summed E-state index contributed by atoms with van der Waals surface area (Å²) in [6, 6.07) is 8.13. The molecule has 0 saturated carbocycles. The largest absolute Gasteiger partial charge is 0.336 e. The minimum Gasteiger partial charge on any atom is -0.336 e. The maximum Gasteiger partial charge on any atom is 0.229 e. The molecule has 0 radical (unpaired) electrons. The molecule has 2 fully saturated rings. The summed E-state index contributed by atoms with van der Waals surface area (Å²) in [7, 11) is 1.99. The lowest BCUT2D eigenvalue weighted by atomic mass is 9.79. The molecule has 2 aliphatic heterocycles. The summed E-state index contributed by atoms with van der Waals surface area (Å²) in [5, 5.41) is 4.27. The molecule has 2 aliphatic rings. The lowest BCUT2D eigenvalue weighted by molar-refractivity contribution is -0.137. The smallest absolute Gasteiger partial charge is 0.229 e. The number of aryl methyl sites for hydroxylation is 2. The molecule has 2 saturated heterocycles. The number of amides is 1. The van der Waals surface area contributed by atoms with Gasteiger partial charge in [-0.05, 0) is 63.9 Å². The van der Waals surface area contributed by atoms with Crippen molar-refractivity contribution in [1.29, 1.82) is 0 Å². The Kier molecular flexibility index (Phi) is 5.00. The van der Waals surface area contributed by atoms with E-state index in [0.717, 1.165) is 63.3 Å². The van der Waals surface area contributed by atoms with Gasteiger partial charge in [0, 0.05) is 32.0 Å².